The van der Waals surface area contributed by atoms with Gasteiger partial charge in [-0.1, -0.05) is 0 Å². The first kappa shape index (κ1) is 30.2. The van der Waals surface area contributed by atoms with Gasteiger partial charge in [-0.05, 0) is 0 Å². The largest absolute Gasteiger partial charge is 0.269 e. The summed E-state index contributed by atoms with van der Waals surface area (Å²) >= 11 is 0. The smallest absolute Gasteiger partial charge is 0.269 e. The Morgan fingerprint density at radius 2 is 1.43 bits per heavy atom. The van der Waals surface area contributed by atoms with E-state index in [9.17, 15) is 4.70 Å². The van der Waals surface area contributed by atoms with E-state index in [0.717, 1.165) is 7.15 Å². The van der Waals surface area contributed by atoms with Crippen LogP contribution < -0.4 is 0 Å². The van der Waals surface area contributed by atoms with Crippen LogP contribution in [0.5, 0.6) is 0 Å². The molecule has 0 rings (SSSR count). The molecule has 0 unspecified atom stereocenters. The van der Waals surface area contributed by atoms with Gasteiger partial charge in [0, 0.05) is 0 Å². The van der Waals surface area contributed by atoms with Crippen molar-refractivity contribution in [1.82, 2.24) is 0 Å². The number of hydrogen-bond acceptors (Lipinski definition) is 1. The quantitative estimate of drug-likeness (QED) is 0.465. The zero-order valence-electron chi connectivity index (χ0n) is 3.92. The molecule has 0 aromatic carbocycles. The normalized spacial score (nSPS) is 3.00. The zero-order valence-corrected chi connectivity index (χ0v) is 3.92. The summed E-state index contributed by atoms with van der Waals surface area (Å²) in [6, 6.07) is 0. The Morgan fingerprint density at radius 3 is 1.43 bits per heavy atom. The molecule has 0 radical (unpaired) electrons. The monoisotopic (exact) mass is 116 g/mol. The Hall–Kier alpha value is -0.345. The van der Waals surface area contributed by atoms with Crippen LogP contribution in [0.3, 0.4) is 0 Å². The third kappa shape index (κ3) is 176. The Balaban J connectivity index is -0.0000000150. The van der Waals surface area contributed by atoms with Crippen molar-refractivity contribution in [1.29, 1.82) is 0 Å². The molecule has 0 fully saturated rings. The molecule has 0 aromatic rings. The Bertz CT molecular complexity index is 26.9. The second-order valence-corrected chi connectivity index (χ2v) is 0.575. The van der Waals surface area contributed by atoms with Crippen molar-refractivity contribution in [3.05, 3.63) is 0 Å². The number of rotatable bonds is 1. The van der Waals surface area contributed by atoms with E-state index in [0.29, 0.717) is 6.32 Å². The maximum atomic E-state index is 9.17. The Morgan fingerprint density at radius 1 is 1.29 bits per heavy atom. The molecular weight excluding hydrogens is 108 g/mol. The summed E-state index contributed by atoms with van der Waals surface area (Å²) in [7, 11) is 0.875. The molecule has 0 aliphatic heterocycles. The predicted molar refractivity (Wildman–Crippen MR) is 24.4 cm³/mol. The van der Waals surface area contributed by atoms with E-state index in [1.807, 2.05) is 6.92 Å². The average Bonchev–Trinajstić information content (AvgIpc) is 1.37. The first-order valence-corrected chi connectivity index (χ1v) is 1.35. The molecule has 0 spiro atoms. The van der Waals surface area contributed by atoms with Crippen LogP contribution in [0.1, 0.15) is 6.92 Å². The van der Waals surface area contributed by atoms with Crippen LogP contribution in [-0.4, -0.2) is 7.15 Å². The summed E-state index contributed by atoms with van der Waals surface area (Å²) in [6.45, 7) is 1.81. The van der Waals surface area contributed by atoms with Gasteiger partial charge in [0.05, 0.1) is 0 Å². The van der Waals surface area contributed by atoms with Gasteiger partial charge in [-0.3, -0.25) is 14.1 Å². The molecule has 0 aliphatic carbocycles. The van der Waals surface area contributed by atoms with Gasteiger partial charge in [-0.25, -0.2) is 0 Å². The predicted octanol–water partition coefficient (Wildman–Crippen LogP) is 0.932. The number of halogens is 3. The van der Waals surface area contributed by atoms with Gasteiger partial charge in [0.15, 0.2) is 0 Å². The van der Waals surface area contributed by atoms with Gasteiger partial charge in [0.25, 0.3) is 0 Å². The summed E-state index contributed by atoms with van der Waals surface area (Å²) in [5.74, 6) is 0. The van der Waals surface area contributed by atoms with E-state index in [4.69, 9.17) is 0 Å². The Labute approximate surface area is 40.5 Å². The van der Waals surface area contributed by atoms with E-state index >= 15 is 0 Å². The average molecular weight is 116 g/mol. The van der Waals surface area contributed by atoms with Gasteiger partial charge in [-0.2, -0.15) is 0 Å². The van der Waals surface area contributed by atoms with Crippen molar-refractivity contribution in [2.45, 2.75) is 13.2 Å². The van der Waals surface area contributed by atoms with Crippen LogP contribution in [0.2, 0.25) is 6.32 Å². The first-order valence-electron chi connectivity index (χ1n) is 1.35. The van der Waals surface area contributed by atoms with Crippen LogP contribution in [-0.2, 0) is 4.70 Å². The fourth-order valence-electron chi connectivity index (χ4n) is 0. The van der Waals surface area contributed by atoms with E-state index in [1.165, 1.54) is 0 Å². The standard InChI is InChI=1S/C2H5BO.3FH/c1-2-3-4;;;/h2H2,1H3;3*1H. The van der Waals surface area contributed by atoms with E-state index < -0.39 is 0 Å². The minimum atomic E-state index is 0. The fraction of sp³-hybridized carbons (Fsp3) is 1.00. The second-order valence-electron chi connectivity index (χ2n) is 0.575. The van der Waals surface area contributed by atoms with Crippen LogP contribution >= 0.6 is 0 Å². The van der Waals surface area contributed by atoms with Gasteiger partial charge in [0.2, 0.25) is 0 Å². The molecule has 1 nitrogen and oxygen atoms in total. The maximum Gasteiger partial charge on any atom is -0.269 e. The molecule has 0 amide bonds. The first-order chi connectivity index (χ1) is 1.91. The van der Waals surface area contributed by atoms with Crippen molar-refractivity contribution in [3.63, 3.8) is 0 Å². The van der Waals surface area contributed by atoms with Crippen molar-refractivity contribution in [2.75, 3.05) is 0 Å². The molecule has 7 heavy (non-hydrogen) atoms. The summed E-state index contributed by atoms with van der Waals surface area (Å²) in [5.41, 5.74) is 0. The SMILES string of the molecule is CCB=O.F.F.F. The van der Waals surface area contributed by atoms with Gasteiger partial charge in [0.1, 0.15) is 0 Å². The van der Waals surface area contributed by atoms with E-state index in [2.05, 4.69) is 0 Å². The topological polar surface area (TPSA) is 17.1 Å². The molecule has 0 aromatic heterocycles. The molecule has 0 heterocycles. The molecule has 0 saturated heterocycles. The third-order valence-corrected chi connectivity index (χ3v) is 0.167. The van der Waals surface area contributed by atoms with E-state index in [1.54, 1.807) is 0 Å². The summed E-state index contributed by atoms with van der Waals surface area (Å²) in [6.07, 6.45) is 0.639. The van der Waals surface area contributed by atoms with Crippen molar-refractivity contribution in [2.24, 2.45) is 0 Å². The van der Waals surface area contributed by atoms with Crippen molar-refractivity contribution in [3.8, 4) is 0 Å². The molecule has 0 atom stereocenters. The summed E-state index contributed by atoms with van der Waals surface area (Å²) < 4.78 is 9.17. The van der Waals surface area contributed by atoms with Crippen molar-refractivity contribution >= 4 is 7.15 Å². The van der Waals surface area contributed by atoms with Crippen LogP contribution in [0, 0.1) is 0 Å². The molecule has 0 saturated carbocycles. The third-order valence-electron chi connectivity index (χ3n) is 0.167. The molecule has 46 valence electrons. The number of hydrogen-bond donors (Lipinski definition) is 0. The van der Waals surface area contributed by atoms with Crippen LogP contribution in [0.15, 0.2) is 0 Å². The van der Waals surface area contributed by atoms with Gasteiger partial charge in [-0.15, -0.1) is 0 Å². The molecule has 0 bridgehead atoms. The van der Waals surface area contributed by atoms with Crippen LogP contribution in [0.4, 0.5) is 14.1 Å². The van der Waals surface area contributed by atoms with Crippen molar-refractivity contribution < 1.29 is 18.8 Å². The van der Waals surface area contributed by atoms with Crippen LogP contribution in [0.25, 0.3) is 0 Å². The molecule has 5 heteroatoms. The second kappa shape index (κ2) is 44.7. The Kier molecular flexibility index (Phi) is 193. The zero-order chi connectivity index (χ0) is 3.41. The minimum absolute atomic E-state index is 0. The fourth-order valence-corrected chi connectivity index (χ4v) is 0. The minimum Gasteiger partial charge on any atom is -0.269 e. The summed E-state index contributed by atoms with van der Waals surface area (Å²) in [4.78, 5) is 0. The molecular formula is C2H8BF3O. The van der Waals surface area contributed by atoms with Gasteiger partial charge < -0.3 is 0 Å². The maximum absolute atomic E-state index is 9.17. The molecule has 0 aliphatic rings. The molecule has 0 N–H and O–H groups in total. The van der Waals surface area contributed by atoms with Gasteiger partial charge >= 0.3 is 25.1 Å². The summed E-state index contributed by atoms with van der Waals surface area (Å²) in [5, 5.41) is 0. The van der Waals surface area contributed by atoms with E-state index in [-0.39, 0.29) is 14.1 Å².